The molecule has 0 saturated carbocycles. The third kappa shape index (κ3) is 4.30. The van der Waals surface area contributed by atoms with E-state index in [0.717, 1.165) is 37.4 Å². The van der Waals surface area contributed by atoms with Crippen LogP contribution in [-0.2, 0) is 13.0 Å². The molecule has 106 valence electrons. The topological polar surface area (TPSA) is 21.3 Å². The average Bonchev–Trinajstić information content (AvgIpc) is 2.52. The molecule has 2 aromatic rings. The Bertz CT molecular complexity index is 502. The molecule has 0 aromatic heterocycles. The van der Waals surface area contributed by atoms with Gasteiger partial charge in [0.25, 0.3) is 0 Å². The lowest BCUT2D eigenvalue weighted by Gasteiger charge is -2.09. The summed E-state index contributed by atoms with van der Waals surface area (Å²) in [5.74, 6) is 0.947. The maximum Gasteiger partial charge on any atom is 0.119 e. The lowest BCUT2D eigenvalue weighted by Crippen LogP contribution is -2.00. The van der Waals surface area contributed by atoms with Crippen molar-refractivity contribution in [1.29, 1.82) is 0 Å². The Labute approximate surface area is 121 Å². The molecule has 0 atom stereocenters. The second-order valence-corrected chi connectivity index (χ2v) is 4.90. The Balaban J connectivity index is 1.86. The number of aryl methyl sites for hydroxylation is 1. The zero-order chi connectivity index (χ0) is 14.2. The lowest BCUT2D eigenvalue weighted by molar-refractivity contribution is 0.317. The Morgan fingerprint density at radius 1 is 0.850 bits per heavy atom. The Hall–Kier alpha value is -1.96. The fraction of sp³-hybridized carbons (Fsp3) is 0.333. The minimum absolute atomic E-state index is 0.779. The highest BCUT2D eigenvalue weighted by Crippen LogP contribution is 2.15. The summed E-state index contributed by atoms with van der Waals surface area (Å²) in [5, 5.41) is 3.43. The summed E-state index contributed by atoms with van der Waals surface area (Å²) in [6, 6.07) is 16.9. The normalized spacial score (nSPS) is 10.3. The monoisotopic (exact) mass is 269 g/mol. The van der Waals surface area contributed by atoms with Crippen LogP contribution in [0, 0.1) is 0 Å². The van der Waals surface area contributed by atoms with Gasteiger partial charge in [-0.1, -0.05) is 38.1 Å². The number of hydrogen-bond acceptors (Lipinski definition) is 2. The van der Waals surface area contributed by atoms with Gasteiger partial charge < -0.3 is 10.1 Å². The molecule has 0 heterocycles. The van der Waals surface area contributed by atoms with Crippen molar-refractivity contribution in [3.8, 4) is 5.75 Å². The van der Waals surface area contributed by atoms with Crippen LogP contribution in [0.1, 0.15) is 31.4 Å². The fourth-order valence-corrected chi connectivity index (χ4v) is 1.99. The molecule has 2 nitrogen and oxygen atoms in total. The second kappa shape index (κ2) is 7.59. The molecule has 2 heteroatoms. The molecule has 2 aromatic carbocycles. The van der Waals surface area contributed by atoms with Gasteiger partial charge in [-0.2, -0.15) is 0 Å². The van der Waals surface area contributed by atoms with Gasteiger partial charge in [-0.15, -0.1) is 0 Å². The second-order valence-electron chi connectivity index (χ2n) is 4.90. The van der Waals surface area contributed by atoms with E-state index in [-0.39, 0.29) is 0 Å². The van der Waals surface area contributed by atoms with Crippen LogP contribution in [0.2, 0.25) is 0 Å². The van der Waals surface area contributed by atoms with Gasteiger partial charge in [0.1, 0.15) is 5.75 Å². The smallest absolute Gasteiger partial charge is 0.119 e. The molecule has 0 saturated heterocycles. The van der Waals surface area contributed by atoms with Crippen LogP contribution in [0.15, 0.2) is 48.5 Å². The van der Waals surface area contributed by atoms with E-state index in [2.05, 4.69) is 55.6 Å². The zero-order valence-corrected chi connectivity index (χ0v) is 12.4. The molecule has 0 aliphatic heterocycles. The number of hydrogen-bond donors (Lipinski definition) is 1. The van der Waals surface area contributed by atoms with E-state index in [9.17, 15) is 0 Å². The maximum atomic E-state index is 5.58. The van der Waals surface area contributed by atoms with E-state index >= 15 is 0 Å². The summed E-state index contributed by atoms with van der Waals surface area (Å²) in [6.07, 6.45) is 2.12. The van der Waals surface area contributed by atoms with Crippen LogP contribution in [-0.4, -0.2) is 6.61 Å². The number of ether oxygens (including phenoxy) is 1. The zero-order valence-electron chi connectivity index (χ0n) is 12.4. The molecule has 0 unspecified atom stereocenters. The van der Waals surface area contributed by atoms with E-state index in [1.54, 1.807) is 0 Å². The summed E-state index contributed by atoms with van der Waals surface area (Å²) < 4.78 is 5.58. The predicted octanol–water partition coefficient (Wildman–Crippen LogP) is 4.65. The minimum atomic E-state index is 0.779. The predicted molar refractivity (Wildman–Crippen MR) is 85.4 cm³/mol. The Morgan fingerprint density at radius 2 is 1.50 bits per heavy atom. The van der Waals surface area contributed by atoms with Gasteiger partial charge in [-0.25, -0.2) is 0 Å². The van der Waals surface area contributed by atoms with Crippen molar-refractivity contribution < 1.29 is 4.74 Å². The molecule has 0 aliphatic rings. The van der Waals surface area contributed by atoms with Crippen molar-refractivity contribution in [3.63, 3.8) is 0 Å². The Kier molecular flexibility index (Phi) is 5.48. The summed E-state index contributed by atoms with van der Waals surface area (Å²) in [7, 11) is 0. The average molecular weight is 269 g/mol. The van der Waals surface area contributed by atoms with Gasteiger partial charge >= 0.3 is 0 Å². The first-order chi connectivity index (χ1) is 9.81. The molecular weight excluding hydrogens is 246 g/mol. The molecule has 2 rings (SSSR count). The van der Waals surface area contributed by atoms with Crippen LogP contribution in [0.4, 0.5) is 5.69 Å². The maximum absolute atomic E-state index is 5.58. The fourth-order valence-electron chi connectivity index (χ4n) is 1.99. The first kappa shape index (κ1) is 14.4. The van der Waals surface area contributed by atoms with Crippen molar-refractivity contribution in [2.24, 2.45) is 0 Å². The molecule has 0 bridgehead atoms. The van der Waals surface area contributed by atoms with E-state index in [1.165, 1.54) is 11.1 Å². The van der Waals surface area contributed by atoms with Crippen LogP contribution in [0.3, 0.4) is 0 Å². The number of benzene rings is 2. The minimum Gasteiger partial charge on any atom is -0.494 e. The van der Waals surface area contributed by atoms with Crippen molar-refractivity contribution in [2.45, 2.75) is 33.2 Å². The van der Waals surface area contributed by atoms with Gasteiger partial charge in [0, 0.05) is 12.2 Å². The van der Waals surface area contributed by atoms with Crippen LogP contribution in [0.5, 0.6) is 5.75 Å². The highest BCUT2D eigenvalue weighted by Gasteiger charge is 1.97. The highest BCUT2D eigenvalue weighted by molar-refractivity contribution is 5.45. The molecule has 1 N–H and O–H groups in total. The van der Waals surface area contributed by atoms with Crippen molar-refractivity contribution in [2.75, 3.05) is 11.9 Å². The van der Waals surface area contributed by atoms with Gasteiger partial charge in [-0.3, -0.25) is 0 Å². The van der Waals surface area contributed by atoms with Crippen molar-refractivity contribution in [3.05, 3.63) is 59.7 Å². The van der Waals surface area contributed by atoms with Crippen LogP contribution in [0.25, 0.3) is 0 Å². The summed E-state index contributed by atoms with van der Waals surface area (Å²) in [6.45, 7) is 5.90. The number of anilines is 1. The van der Waals surface area contributed by atoms with E-state index in [4.69, 9.17) is 4.74 Å². The first-order valence-electron chi connectivity index (χ1n) is 7.36. The van der Waals surface area contributed by atoms with Crippen LogP contribution >= 0.6 is 0 Å². The molecule has 0 radical (unpaired) electrons. The van der Waals surface area contributed by atoms with Crippen molar-refractivity contribution >= 4 is 5.69 Å². The quantitative estimate of drug-likeness (QED) is 0.790. The third-order valence-corrected chi connectivity index (χ3v) is 3.26. The highest BCUT2D eigenvalue weighted by atomic mass is 16.5. The van der Waals surface area contributed by atoms with Gasteiger partial charge in [-0.05, 0) is 48.2 Å². The molecule has 0 spiro atoms. The standard InChI is InChI=1S/C18H23NO/c1-3-13-20-18-11-7-16(8-12-18)14-19-17-9-5-15(4-2)6-10-17/h5-12,19H,3-4,13-14H2,1-2H3. The molecule has 0 aliphatic carbocycles. The third-order valence-electron chi connectivity index (χ3n) is 3.26. The van der Waals surface area contributed by atoms with Crippen LogP contribution < -0.4 is 10.1 Å². The first-order valence-corrected chi connectivity index (χ1v) is 7.36. The molecule has 0 amide bonds. The summed E-state index contributed by atoms with van der Waals surface area (Å²) in [5.41, 5.74) is 3.79. The van der Waals surface area contributed by atoms with Gasteiger partial charge in [0.2, 0.25) is 0 Å². The SMILES string of the molecule is CCCOc1ccc(CNc2ccc(CC)cc2)cc1. The van der Waals surface area contributed by atoms with Crippen molar-refractivity contribution in [1.82, 2.24) is 0 Å². The van der Waals surface area contributed by atoms with Gasteiger partial charge in [0.05, 0.1) is 6.61 Å². The summed E-state index contributed by atoms with van der Waals surface area (Å²) in [4.78, 5) is 0. The van der Waals surface area contributed by atoms with E-state index in [0.29, 0.717) is 0 Å². The molecular formula is C18H23NO. The van der Waals surface area contributed by atoms with E-state index < -0.39 is 0 Å². The molecule has 20 heavy (non-hydrogen) atoms. The number of nitrogens with one attached hydrogen (secondary N) is 1. The van der Waals surface area contributed by atoms with E-state index in [1.807, 2.05) is 12.1 Å². The lowest BCUT2D eigenvalue weighted by atomic mass is 10.1. The largest absolute Gasteiger partial charge is 0.494 e. The Morgan fingerprint density at radius 3 is 2.10 bits per heavy atom. The van der Waals surface area contributed by atoms with Gasteiger partial charge in [0.15, 0.2) is 0 Å². The number of rotatable bonds is 7. The molecule has 0 fully saturated rings. The summed E-state index contributed by atoms with van der Waals surface area (Å²) >= 11 is 0.